The van der Waals surface area contributed by atoms with Crippen molar-refractivity contribution >= 4 is 17.0 Å². The number of carbonyl (C=O) groups excluding carboxylic acids is 1. The number of methoxy groups -OCH3 is 2. The van der Waals surface area contributed by atoms with E-state index in [4.69, 9.17) is 14.2 Å². The summed E-state index contributed by atoms with van der Waals surface area (Å²) in [6.07, 6.45) is 5.13. The molecule has 36 heavy (non-hydrogen) atoms. The van der Waals surface area contributed by atoms with Gasteiger partial charge in [-0.15, -0.1) is 0 Å². The average Bonchev–Trinajstić information content (AvgIpc) is 2.91. The molecule has 0 radical (unpaired) electrons. The highest BCUT2D eigenvalue weighted by Crippen LogP contribution is 2.32. The number of benzene rings is 2. The number of nitrogens with zero attached hydrogens (tertiary/aromatic N) is 1. The van der Waals surface area contributed by atoms with E-state index in [1.54, 1.807) is 24.8 Å². The first-order chi connectivity index (χ1) is 17.3. The van der Waals surface area contributed by atoms with Crippen LogP contribution in [0.15, 0.2) is 42.5 Å². The molecule has 3 atom stereocenters. The van der Waals surface area contributed by atoms with Gasteiger partial charge in [0, 0.05) is 12.8 Å². The molecule has 0 saturated carbocycles. The van der Waals surface area contributed by atoms with Crippen molar-refractivity contribution in [3.05, 3.63) is 59.2 Å². The molecule has 1 fully saturated rings. The van der Waals surface area contributed by atoms with Gasteiger partial charge in [-0.3, -0.25) is 4.79 Å². The van der Waals surface area contributed by atoms with Gasteiger partial charge in [0.05, 0.1) is 25.2 Å². The summed E-state index contributed by atoms with van der Waals surface area (Å²) in [6, 6.07) is 13.7. The Bertz CT molecular complexity index is 993. The van der Waals surface area contributed by atoms with Crippen LogP contribution in [-0.2, 0) is 26.9 Å². The molecule has 0 N–H and O–H groups in total. The molecule has 1 heterocycles. The van der Waals surface area contributed by atoms with E-state index >= 15 is 0 Å². The van der Waals surface area contributed by atoms with Gasteiger partial charge < -0.3 is 14.2 Å². The van der Waals surface area contributed by atoms with Gasteiger partial charge in [-0.25, -0.2) is 8.51 Å². The van der Waals surface area contributed by atoms with E-state index < -0.39 is 23.1 Å². The molecular formula is C29H43NO5S. The molecular weight excluding hydrogens is 474 g/mol. The number of esters is 1. The van der Waals surface area contributed by atoms with Crippen LogP contribution >= 0.6 is 0 Å². The van der Waals surface area contributed by atoms with Crippen LogP contribution in [0.1, 0.15) is 82.1 Å². The van der Waals surface area contributed by atoms with Crippen LogP contribution in [0.4, 0.5) is 0 Å². The molecule has 0 aliphatic carbocycles. The Morgan fingerprint density at radius 3 is 2.36 bits per heavy atom. The van der Waals surface area contributed by atoms with E-state index in [1.165, 1.54) is 5.56 Å². The highest BCUT2D eigenvalue weighted by molar-refractivity contribution is 7.81. The Morgan fingerprint density at radius 1 is 1.03 bits per heavy atom. The molecule has 2 aromatic rings. The molecule has 1 saturated heterocycles. The minimum absolute atomic E-state index is 0.290. The second kappa shape index (κ2) is 15.0. The predicted molar refractivity (Wildman–Crippen MR) is 147 cm³/mol. The number of rotatable bonds is 10. The van der Waals surface area contributed by atoms with Gasteiger partial charge in [0.2, 0.25) is 0 Å². The van der Waals surface area contributed by atoms with Crippen molar-refractivity contribution in [1.29, 1.82) is 0 Å². The zero-order chi connectivity index (χ0) is 26.7. The quantitative estimate of drug-likeness (QED) is 0.350. The molecule has 2 aromatic carbocycles. The molecule has 1 aliphatic rings. The Labute approximate surface area is 219 Å². The van der Waals surface area contributed by atoms with Gasteiger partial charge >= 0.3 is 5.97 Å². The standard InChI is InChI=1S/C27H37NO5S.C2H6/c1-19(2)21-9-8-10-22(18-21)24(14-12-20-13-15-25(31-3)26(17-20)32-4)33-27(29)23-11-6-7-16-28(23)34(5)30;1-2/h8-10,13,15,17-19,23-24H,6-7,11-12,14,16H2,1-5H3;1-2H3. The van der Waals surface area contributed by atoms with Crippen molar-refractivity contribution < 1.29 is 23.2 Å². The highest BCUT2D eigenvalue weighted by atomic mass is 32.2. The van der Waals surface area contributed by atoms with E-state index in [0.29, 0.717) is 43.2 Å². The van der Waals surface area contributed by atoms with Gasteiger partial charge in [0.1, 0.15) is 12.1 Å². The van der Waals surface area contributed by atoms with E-state index in [2.05, 4.69) is 26.0 Å². The number of aryl methyl sites for hydroxylation is 1. The lowest BCUT2D eigenvalue weighted by molar-refractivity contribution is -0.155. The van der Waals surface area contributed by atoms with Crippen LogP contribution in [-0.4, -0.2) is 47.5 Å². The largest absolute Gasteiger partial charge is 0.493 e. The van der Waals surface area contributed by atoms with Crippen LogP contribution in [0, 0.1) is 0 Å². The molecule has 3 rings (SSSR count). The fraction of sp³-hybridized carbons (Fsp3) is 0.552. The lowest BCUT2D eigenvalue weighted by atomic mass is 9.95. The maximum Gasteiger partial charge on any atom is 0.324 e. The number of hydrogen-bond acceptors (Lipinski definition) is 5. The Morgan fingerprint density at radius 2 is 1.72 bits per heavy atom. The van der Waals surface area contributed by atoms with Gasteiger partial charge in [-0.05, 0) is 66.8 Å². The smallest absolute Gasteiger partial charge is 0.324 e. The molecule has 0 amide bonds. The number of piperidine rings is 1. The normalized spacial score (nSPS) is 17.5. The summed E-state index contributed by atoms with van der Waals surface area (Å²) in [5.74, 6) is 1.45. The van der Waals surface area contributed by atoms with Gasteiger partial charge in [-0.2, -0.15) is 0 Å². The summed E-state index contributed by atoms with van der Waals surface area (Å²) in [4.78, 5) is 13.3. The van der Waals surface area contributed by atoms with Crippen molar-refractivity contribution in [2.24, 2.45) is 0 Å². The third kappa shape index (κ3) is 8.07. The second-order valence-electron chi connectivity index (χ2n) is 9.05. The van der Waals surface area contributed by atoms with Crippen LogP contribution in [0.5, 0.6) is 11.5 Å². The maximum atomic E-state index is 13.3. The van der Waals surface area contributed by atoms with E-state index in [1.807, 2.05) is 44.2 Å². The molecule has 200 valence electrons. The Hall–Kier alpha value is -2.38. The summed E-state index contributed by atoms with van der Waals surface area (Å²) in [5.41, 5.74) is 3.27. The summed E-state index contributed by atoms with van der Waals surface area (Å²) < 4.78 is 30.9. The third-order valence-corrected chi connectivity index (χ3v) is 7.50. The fourth-order valence-corrected chi connectivity index (χ4v) is 5.35. The second-order valence-corrected chi connectivity index (χ2v) is 10.4. The van der Waals surface area contributed by atoms with E-state index in [0.717, 1.165) is 24.0 Å². The molecule has 6 nitrogen and oxygen atoms in total. The van der Waals surface area contributed by atoms with E-state index in [-0.39, 0.29) is 5.97 Å². The molecule has 0 bridgehead atoms. The lowest BCUT2D eigenvalue weighted by Crippen LogP contribution is -2.46. The van der Waals surface area contributed by atoms with Gasteiger partial charge in [0.15, 0.2) is 11.5 Å². The van der Waals surface area contributed by atoms with Crippen molar-refractivity contribution in [1.82, 2.24) is 4.31 Å². The summed E-state index contributed by atoms with van der Waals surface area (Å²) in [7, 11) is 2.03. The molecule has 7 heteroatoms. The first kappa shape index (κ1) is 29.8. The third-order valence-electron chi connectivity index (χ3n) is 6.41. The fourth-order valence-electron chi connectivity index (χ4n) is 4.41. The van der Waals surface area contributed by atoms with Crippen LogP contribution < -0.4 is 9.47 Å². The zero-order valence-electron chi connectivity index (χ0n) is 22.9. The molecule has 3 unspecified atom stereocenters. The zero-order valence-corrected chi connectivity index (χ0v) is 23.7. The maximum absolute atomic E-state index is 13.3. The van der Waals surface area contributed by atoms with Gasteiger partial charge in [-0.1, -0.05) is 58.0 Å². The molecule has 1 aliphatic heterocycles. The number of hydrogen-bond donors (Lipinski definition) is 0. The van der Waals surface area contributed by atoms with Gasteiger partial charge in [0.25, 0.3) is 0 Å². The Kier molecular flexibility index (Phi) is 12.4. The average molecular weight is 518 g/mol. The summed E-state index contributed by atoms with van der Waals surface area (Å²) in [5, 5.41) is 0. The lowest BCUT2D eigenvalue weighted by Gasteiger charge is -2.33. The van der Waals surface area contributed by atoms with Crippen molar-refractivity contribution in [2.45, 2.75) is 77.9 Å². The van der Waals surface area contributed by atoms with Crippen LogP contribution in [0.2, 0.25) is 0 Å². The monoisotopic (exact) mass is 517 g/mol. The first-order valence-electron chi connectivity index (χ1n) is 13.0. The molecule has 0 aromatic heterocycles. The van der Waals surface area contributed by atoms with Crippen LogP contribution in [0.25, 0.3) is 0 Å². The summed E-state index contributed by atoms with van der Waals surface area (Å²) >= 11 is 0. The number of ether oxygens (including phenoxy) is 3. The van der Waals surface area contributed by atoms with Crippen LogP contribution in [0.3, 0.4) is 0 Å². The van der Waals surface area contributed by atoms with Crippen molar-refractivity contribution in [3.63, 3.8) is 0 Å². The SMILES string of the molecule is CC.COc1ccc(CCC(OC(=O)C2CCCCN2S(C)=O)c2cccc(C(C)C)c2)cc1OC. The predicted octanol–water partition coefficient (Wildman–Crippen LogP) is 6.22. The van der Waals surface area contributed by atoms with Crippen molar-refractivity contribution in [3.8, 4) is 11.5 Å². The molecule has 0 spiro atoms. The topological polar surface area (TPSA) is 65.1 Å². The Balaban J connectivity index is 0.00000222. The van der Waals surface area contributed by atoms with Crippen molar-refractivity contribution in [2.75, 3.05) is 27.0 Å². The minimum atomic E-state index is -1.21. The van der Waals surface area contributed by atoms with E-state index in [9.17, 15) is 9.00 Å². The number of carbonyl (C=O) groups is 1. The minimum Gasteiger partial charge on any atom is -0.493 e. The first-order valence-corrected chi connectivity index (χ1v) is 14.5. The highest BCUT2D eigenvalue weighted by Gasteiger charge is 2.34. The summed E-state index contributed by atoms with van der Waals surface area (Å²) in [6.45, 7) is 8.96.